The number of fused-ring (bicyclic) bond motifs is 3. The summed E-state index contributed by atoms with van der Waals surface area (Å²) in [4.78, 5) is 17.6. The number of nitrogens with zero attached hydrogens (tertiary/aromatic N) is 2. The van der Waals surface area contributed by atoms with E-state index in [-0.39, 0.29) is 5.56 Å². The molecule has 0 N–H and O–H groups in total. The van der Waals surface area contributed by atoms with Crippen LogP contribution in [0.3, 0.4) is 0 Å². The number of hydrogen-bond acceptors (Lipinski definition) is 3. The van der Waals surface area contributed by atoms with Crippen molar-refractivity contribution < 1.29 is 0 Å². The summed E-state index contributed by atoms with van der Waals surface area (Å²) >= 11 is 1.56. The monoisotopic (exact) mass is 318 g/mol. The number of para-hydroxylation sites is 2. The Labute approximate surface area is 137 Å². The molecule has 4 rings (SSSR count). The summed E-state index contributed by atoms with van der Waals surface area (Å²) in [6, 6.07) is 19.6. The van der Waals surface area contributed by atoms with Crippen molar-refractivity contribution in [1.29, 1.82) is 0 Å². The zero-order valence-electron chi connectivity index (χ0n) is 12.6. The summed E-state index contributed by atoms with van der Waals surface area (Å²) in [7, 11) is 0. The molecule has 4 heteroatoms. The van der Waals surface area contributed by atoms with Gasteiger partial charge in [-0.3, -0.25) is 9.36 Å². The van der Waals surface area contributed by atoms with Crippen LogP contribution < -0.4 is 5.56 Å². The molecule has 0 bridgehead atoms. The van der Waals surface area contributed by atoms with E-state index in [0.717, 1.165) is 27.0 Å². The molecule has 0 radical (unpaired) electrons. The summed E-state index contributed by atoms with van der Waals surface area (Å²) in [6.07, 6.45) is 3.69. The molecule has 0 atom stereocenters. The minimum Gasteiger partial charge on any atom is -0.276 e. The molecule has 0 aliphatic rings. The fourth-order valence-corrected chi connectivity index (χ4v) is 3.57. The Morgan fingerprint density at radius 3 is 2.43 bits per heavy atom. The summed E-state index contributed by atoms with van der Waals surface area (Å²) in [5.41, 5.74) is 1.76. The van der Waals surface area contributed by atoms with Crippen LogP contribution in [0.5, 0.6) is 0 Å². The number of benzene rings is 2. The number of aromatic nitrogens is 2. The molecule has 0 unspecified atom stereocenters. The molecular weight excluding hydrogens is 304 g/mol. The smallest absolute Gasteiger partial charge is 0.263 e. The lowest BCUT2D eigenvalue weighted by molar-refractivity contribution is 1.05. The molecule has 23 heavy (non-hydrogen) atoms. The van der Waals surface area contributed by atoms with Gasteiger partial charge >= 0.3 is 0 Å². The minimum absolute atomic E-state index is 0.0115. The average Bonchev–Trinajstić information content (AvgIpc) is 2.62. The molecule has 112 valence electrons. The first-order chi connectivity index (χ1) is 11.3. The second-order valence-electron chi connectivity index (χ2n) is 5.24. The molecule has 2 aromatic heterocycles. The molecule has 0 spiro atoms. The van der Waals surface area contributed by atoms with Gasteiger partial charge in [0, 0.05) is 22.7 Å². The molecule has 0 saturated heterocycles. The lowest BCUT2D eigenvalue weighted by atomic mass is 10.1. The quantitative estimate of drug-likeness (QED) is 0.409. The van der Waals surface area contributed by atoms with Gasteiger partial charge in [-0.1, -0.05) is 36.4 Å². The van der Waals surface area contributed by atoms with E-state index in [1.165, 1.54) is 0 Å². The van der Waals surface area contributed by atoms with Crippen molar-refractivity contribution in [2.24, 2.45) is 0 Å². The van der Waals surface area contributed by atoms with Crippen molar-refractivity contribution in [3.05, 3.63) is 77.2 Å². The van der Waals surface area contributed by atoms with Crippen molar-refractivity contribution >= 4 is 33.4 Å². The van der Waals surface area contributed by atoms with E-state index in [9.17, 15) is 4.79 Å². The molecule has 0 fully saturated rings. The average molecular weight is 318 g/mol. The van der Waals surface area contributed by atoms with E-state index in [1.54, 1.807) is 22.5 Å². The van der Waals surface area contributed by atoms with Gasteiger partial charge < -0.3 is 0 Å². The van der Waals surface area contributed by atoms with Gasteiger partial charge in [0.15, 0.2) is 0 Å². The van der Waals surface area contributed by atoms with Gasteiger partial charge in [-0.2, -0.15) is 0 Å². The zero-order chi connectivity index (χ0) is 15.8. The predicted molar refractivity (Wildman–Crippen MR) is 96.6 cm³/mol. The second kappa shape index (κ2) is 5.56. The molecular formula is C19H14N2OS. The Hall–Kier alpha value is -2.59. The molecule has 0 aliphatic heterocycles. The highest BCUT2D eigenvalue weighted by Crippen LogP contribution is 2.30. The highest BCUT2D eigenvalue weighted by atomic mass is 32.2. The highest BCUT2D eigenvalue weighted by molar-refractivity contribution is 7.98. The van der Waals surface area contributed by atoms with Gasteiger partial charge in [-0.25, -0.2) is 4.98 Å². The molecule has 0 saturated carbocycles. The maximum absolute atomic E-state index is 13.1. The maximum atomic E-state index is 13.1. The molecule has 3 nitrogen and oxygen atoms in total. The van der Waals surface area contributed by atoms with Gasteiger partial charge in [0.05, 0.1) is 10.9 Å². The zero-order valence-corrected chi connectivity index (χ0v) is 13.4. The van der Waals surface area contributed by atoms with Gasteiger partial charge in [-0.15, -0.1) is 11.8 Å². The van der Waals surface area contributed by atoms with E-state index >= 15 is 0 Å². The van der Waals surface area contributed by atoms with Gasteiger partial charge in [0.25, 0.3) is 5.56 Å². The predicted octanol–water partition coefficient (Wildman–Crippen LogP) is 4.26. The Balaban J connectivity index is 2.28. The minimum atomic E-state index is -0.0115. The van der Waals surface area contributed by atoms with Crippen molar-refractivity contribution in [1.82, 2.24) is 9.55 Å². The lowest BCUT2D eigenvalue weighted by Gasteiger charge is -2.14. The molecule has 4 aromatic rings. The normalized spacial score (nSPS) is 11.2. The topological polar surface area (TPSA) is 34.9 Å². The SMILES string of the molecule is CSc1nccc2c(=O)n(-c3ccccc3)c3ccccc3c12. The molecule has 0 amide bonds. The van der Waals surface area contributed by atoms with Crippen molar-refractivity contribution in [2.45, 2.75) is 5.03 Å². The fraction of sp³-hybridized carbons (Fsp3) is 0.0526. The first-order valence-electron chi connectivity index (χ1n) is 7.33. The first kappa shape index (κ1) is 14.0. The van der Waals surface area contributed by atoms with E-state index in [4.69, 9.17) is 0 Å². The van der Waals surface area contributed by atoms with Crippen LogP contribution in [0.4, 0.5) is 0 Å². The highest BCUT2D eigenvalue weighted by Gasteiger charge is 2.14. The van der Waals surface area contributed by atoms with Crippen LogP contribution in [0, 0.1) is 0 Å². The van der Waals surface area contributed by atoms with E-state index in [1.807, 2.05) is 60.9 Å². The summed E-state index contributed by atoms with van der Waals surface area (Å²) in [6.45, 7) is 0. The number of thioether (sulfide) groups is 1. The van der Waals surface area contributed by atoms with Crippen LogP contribution in [-0.2, 0) is 0 Å². The summed E-state index contributed by atoms with van der Waals surface area (Å²) in [5, 5.41) is 3.57. The fourth-order valence-electron chi connectivity index (χ4n) is 2.98. The van der Waals surface area contributed by atoms with Gasteiger partial charge in [0.2, 0.25) is 0 Å². The third kappa shape index (κ3) is 2.14. The maximum Gasteiger partial charge on any atom is 0.263 e. The van der Waals surface area contributed by atoms with Crippen LogP contribution >= 0.6 is 11.8 Å². The van der Waals surface area contributed by atoms with Crippen molar-refractivity contribution in [3.63, 3.8) is 0 Å². The van der Waals surface area contributed by atoms with Crippen LogP contribution in [0.1, 0.15) is 0 Å². The van der Waals surface area contributed by atoms with Gasteiger partial charge in [0.1, 0.15) is 5.03 Å². The standard InChI is InChI=1S/C19H14N2OS/c1-23-18-17-14-9-5-6-10-16(14)21(13-7-3-2-4-8-13)19(22)15(17)11-12-20-18/h2-12H,1H3. The largest absolute Gasteiger partial charge is 0.276 e. The van der Waals surface area contributed by atoms with Crippen LogP contribution in [-0.4, -0.2) is 15.8 Å². The van der Waals surface area contributed by atoms with E-state index in [0.29, 0.717) is 5.39 Å². The van der Waals surface area contributed by atoms with Crippen molar-refractivity contribution in [2.75, 3.05) is 6.26 Å². The Morgan fingerprint density at radius 2 is 1.65 bits per heavy atom. The number of pyridine rings is 2. The summed E-state index contributed by atoms with van der Waals surface area (Å²) < 4.78 is 1.78. The Kier molecular flexibility index (Phi) is 3.39. The lowest BCUT2D eigenvalue weighted by Crippen LogP contribution is -2.19. The van der Waals surface area contributed by atoms with E-state index < -0.39 is 0 Å². The van der Waals surface area contributed by atoms with Crippen LogP contribution in [0.25, 0.3) is 27.4 Å². The van der Waals surface area contributed by atoms with Crippen LogP contribution in [0.15, 0.2) is 76.7 Å². The van der Waals surface area contributed by atoms with Gasteiger partial charge in [-0.05, 0) is 30.5 Å². The number of hydrogen-bond donors (Lipinski definition) is 0. The Morgan fingerprint density at radius 1 is 0.913 bits per heavy atom. The third-order valence-electron chi connectivity index (χ3n) is 3.97. The first-order valence-corrected chi connectivity index (χ1v) is 8.55. The van der Waals surface area contributed by atoms with Crippen LogP contribution in [0.2, 0.25) is 0 Å². The third-order valence-corrected chi connectivity index (χ3v) is 4.67. The number of rotatable bonds is 2. The Bertz CT molecular complexity index is 1070. The summed E-state index contributed by atoms with van der Waals surface area (Å²) in [5.74, 6) is 0. The second-order valence-corrected chi connectivity index (χ2v) is 6.03. The van der Waals surface area contributed by atoms with Crippen molar-refractivity contribution in [3.8, 4) is 5.69 Å². The molecule has 2 heterocycles. The molecule has 2 aromatic carbocycles. The molecule has 0 aliphatic carbocycles. The van der Waals surface area contributed by atoms with E-state index in [2.05, 4.69) is 11.1 Å².